The number of hydrogen-bond acceptors (Lipinski definition) is 3. The third kappa shape index (κ3) is 3.14. The Morgan fingerprint density at radius 3 is 2.55 bits per heavy atom. The molecule has 0 saturated heterocycles. The molecular formula is C16H17BrO3. The second-order valence-electron chi connectivity index (χ2n) is 4.43. The third-order valence-electron chi connectivity index (χ3n) is 3.18. The largest absolute Gasteiger partial charge is 0.493 e. The molecule has 0 aliphatic carbocycles. The molecule has 1 N–H and O–H groups in total. The minimum atomic E-state index is -0.110. The predicted molar refractivity (Wildman–Crippen MR) is 82.1 cm³/mol. The minimum absolute atomic E-state index is 0.110. The summed E-state index contributed by atoms with van der Waals surface area (Å²) in [5, 5.41) is 9.51. The van der Waals surface area contributed by atoms with Gasteiger partial charge in [0.15, 0.2) is 11.5 Å². The highest BCUT2D eigenvalue weighted by Gasteiger charge is 2.14. The normalized spacial score (nSPS) is 10.4. The van der Waals surface area contributed by atoms with E-state index in [2.05, 4.69) is 15.9 Å². The van der Waals surface area contributed by atoms with Crippen LogP contribution in [-0.4, -0.2) is 12.2 Å². The molecule has 0 spiro atoms. The van der Waals surface area contributed by atoms with Crippen LogP contribution in [0.25, 0.3) is 0 Å². The van der Waals surface area contributed by atoms with Gasteiger partial charge in [-0.2, -0.15) is 0 Å². The molecule has 0 radical (unpaired) electrons. The molecule has 0 amide bonds. The molecule has 3 nitrogen and oxygen atoms in total. The first-order valence-corrected chi connectivity index (χ1v) is 7.10. The molecule has 0 heterocycles. The number of aryl methyl sites for hydroxylation is 1. The smallest absolute Gasteiger partial charge is 0.168 e. The monoisotopic (exact) mass is 336 g/mol. The van der Waals surface area contributed by atoms with Crippen molar-refractivity contribution in [2.24, 2.45) is 0 Å². The van der Waals surface area contributed by atoms with E-state index in [1.807, 2.05) is 43.3 Å². The molecule has 0 fully saturated rings. The molecule has 0 bridgehead atoms. The highest BCUT2D eigenvalue weighted by molar-refractivity contribution is 9.10. The van der Waals surface area contributed by atoms with E-state index in [1.165, 1.54) is 5.56 Å². The summed E-state index contributed by atoms with van der Waals surface area (Å²) in [7, 11) is 1.59. The lowest BCUT2D eigenvalue weighted by Gasteiger charge is -2.16. The van der Waals surface area contributed by atoms with Gasteiger partial charge in [-0.1, -0.05) is 40.2 Å². The van der Waals surface area contributed by atoms with Crippen molar-refractivity contribution in [2.75, 3.05) is 7.11 Å². The maximum atomic E-state index is 9.51. The summed E-state index contributed by atoms with van der Waals surface area (Å²) in [6, 6.07) is 11.7. The highest BCUT2D eigenvalue weighted by Crippen LogP contribution is 2.36. The van der Waals surface area contributed by atoms with E-state index < -0.39 is 0 Å². The molecule has 0 aliphatic rings. The number of benzene rings is 2. The van der Waals surface area contributed by atoms with Crippen molar-refractivity contribution in [2.45, 2.75) is 20.1 Å². The van der Waals surface area contributed by atoms with Gasteiger partial charge in [0.05, 0.1) is 13.7 Å². The lowest BCUT2D eigenvalue weighted by Crippen LogP contribution is -2.03. The van der Waals surface area contributed by atoms with E-state index in [-0.39, 0.29) is 6.61 Å². The molecule has 2 aromatic carbocycles. The summed E-state index contributed by atoms with van der Waals surface area (Å²) in [5.74, 6) is 1.19. The van der Waals surface area contributed by atoms with E-state index in [4.69, 9.17) is 9.47 Å². The molecule has 0 unspecified atom stereocenters. The highest BCUT2D eigenvalue weighted by atomic mass is 79.9. The van der Waals surface area contributed by atoms with Crippen LogP contribution in [0, 0.1) is 6.92 Å². The van der Waals surface area contributed by atoms with Gasteiger partial charge in [-0.3, -0.25) is 0 Å². The fourth-order valence-electron chi connectivity index (χ4n) is 1.97. The summed E-state index contributed by atoms with van der Waals surface area (Å²) in [6.07, 6.45) is 0. The van der Waals surface area contributed by atoms with E-state index >= 15 is 0 Å². The molecule has 0 atom stereocenters. The number of rotatable bonds is 5. The topological polar surface area (TPSA) is 38.7 Å². The van der Waals surface area contributed by atoms with Crippen LogP contribution in [0.15, 0.2) is 40.9 Å². The Morgan fingerprint density at radius 1 is 1.15 bits per heavy atom. The Hall–Kier alpha value is -1.52. The summed E-state index contributed by atoms with van der Waals surface area (Å²) < 4.78 is 12.0. The third-order valence-corrected chi connectivity index (χ3v) is 3.92. The van der Waals surface area contributed by atoms with Crippen LogP contribution in [0.5, 0.6) is 11.5 Å². The number of hydrogen-bond donors (Lipinski definition) is 1. The fourth-order valence-corrected chi connectivity index (χ4v) is 2.41. The molecule has 0 aliphatic heterocycles. The minimum Gasteiger partial charge on any atom is -0.493 e. The van der Waals surface area contributed by atoms with Crippen molar-refractivity contribution in [1.29, 1.82) is 0 Å². The molecule has 4 heteroatoms. The zero-order chi connectivity index (χ0) is 14.5. The molecule has 0 aromatic heterocycles. The van der Waals surface area contributed by atoms with Gasteiger partial charge in [-0.15, -0.1) is 0 Å². The first-order valence-electron chi connectivity index (χ1n) is 6.31. The SMILES string of the molecule is COc1ccc(Br)c(CO)c1OCc1ccccc1C. The molecule has 2 aromatic rings. The van der Waals surface area contributed by atoms with Gasteiger partial charge in [-0.25, -0.2) is 0 Å². The molecule has 20 heavy (non-hydrogen) atoms. The van der Waals surface area contributed by atoms with Crippen molar-refractivity contribution in [1.82, 2.24) is 0 Å². The predicted octanol–water partition coefficient (Wildman–Crippen LogP) is 3.84. The number of ether oxygens (including phenoxy) is 2. The Morgan fingerprint density at radius 2 is 1.90 bits per heavy atom. The summed E-state index contributed by atoms with van der Waals surface area (Å²) >= 11 is 3.42. The van der Waals surface area contributed by atoms with E-state index in [0.717, 1.165) is 10.0 Å². The van der Waals surface area contributed by atoms with Crippen LogP contribution >= 0.6 is 15.9 Å². The van der Waals surface area contributed by atoms with Gasteiger partial charge in [-0.05, 0) is 30.2 Å². The number of methoxy groups -OCH3 is 1. The van der Waals surface area contributed by atoms with Crippen molar-refractivity contribution >= 4 is 15.9 Å². The van der Waals surface area contributed by atoms with Gasteiger partial charge in [0.2, 0.25) is 0 Å². The zero-order valence-electron chi connectivity index (χ0n) is 11.5. The van der Waals surface area contributed by atoms with Crippen LogP contribution in [0.4, 0.5) is 0 Å². The first-order chi connectivity index (χ1) is 9.67. The standard InChI is InChI=1S/C16H17BrO3/c1-11-5-3-4-6-12(11)10-20-16-13(9-18)14(17)7-8-15(16)19-2/h3-8,18H,9-10H2,1-2H3. The Labute approximate surface area is 127 Å². The Kier molecular flexibility index (Phi) is 5.04. The Bertz CT molecular complexity index is 596. The molecule has 106 valence electrons. The van der Waals surface area contributed by atoms with Crippen molar-refractivity contribution in [3.8, 4) is 11.5 Å². The van der Waals surface area contributed by atoms with Gasteiger partial charge in [0.25, 0.3) is 0 Å². The number of halogens is 1. The maximum absolute atomic E-state index is 9.51. The molecular weight excluding hydrogens is 320 g/mol. The second-order valence-corrected chi connectivity index (χ2v) is 5.28. The van der Waals surface area contributed by atoms with Crippen LogP contribution in [-0.2, 0) is 13.2 Å². The van der Waals surface area contributed by atoms with Gasteiger partial charge in [0.1, 0.15) is 6.61 Å². The first kappa shape index (κ1) is 14.9. The van der Waals surface area contributed by atoms with Crippen molar-refractivity contribution in [3.05, 3.63) is 57.6 Å². The van der Waals surface area contributed by atoms with E-state index in [0.29, 0.717) is 23.7 Å². The zero-order valence-corrected chi connectivity index (χ0v) is 13.1. The lowest BCUT2D eigenvalue weighted by molar-refractivity contribution is 0.249. The fraction of sp³-hybridized carbons (Fsp3) is 0.250. The summed E-state index contributed by atoms with van der Waals surface area (Å²) in [4.78, 5) is 0. The average molecular weight is 337 g/mol. The van der Waals surface area contributed by atoms with Crippen LogP contribution < -0.4 is 9.47 Å². The molecule has 2 rings (SSSR count). The Balaban J connectivity index is 2.29. The summed E-state index contributed by atoms with van der Waals surface area (Å²) in [5.41, 5.74) is 2.98. The van der Waals surface area contributed by atoms with Gasteiger partial charge >= 0.3 is 0 Å². The maximum Gasteiger partial charge on any atom is 0.168 e. The number of aliphatic hydroxyl groups excluding tert-OH is 1. The van der Waals surface area contributed by atoms with Crippen molar-refractivity contribution in [3.63, 3.8) is 0 Å². The lowest BCUT2D eigenvalue weighted by atomic mass is 10.1. The van der Waals surface area contributed by atoms with Crippen molar-refractivity contribution < 1.29 is 14.6 Å². The van der Waals surface area contributed by atoms with E-state index in [9.17, 15) is 5.11 Å². The number of aliphatic hydroxyl groups is 1. The average Bonchev–Trinajstić information content (AvgIpc) is 2.46. The quantitative estimate of drug-likeness (QED) is 0.901. The van der Waals surface area contributed by atoms with Crippen LogP contribution in [0.1, 0.15) is 16.7 Å². The van der Waals surface area contributed by atoms with Gasteiger partial charge < -0.3 is 14.6 Å². The molecule has 0 saturated carbocycles. The van der Waals surface area contributed by atoms with Crippen LogP contribution in [0.3, 0.4) is 0 Å². The second kappa shape index (κ2) is 6.77. The van der Waals surface area contributed by atoms with Crippen LogP contribution in [0.2, 0.25) is 0 Å². The summed E-state index contributed by atoms with van der Waals surface area (Å²) in [6.45, 7) is 2.37. The van der Waals surface area contributed by atoms with E-state index in [1.54, 1.807) is 7.11 Å². The van der Waals surface area contributed by atoms with Gasteiger partial charge in [0, 0.05) is 10.0 Å².